The predicted octanol–water partition coefficient (Wildman–Crippen LogP) is 3.87. The lowest BCUT2D eigenvalue weighted by Crippen LogP contribution is -2.34. The first-order valence-corrected chi connectivity index (χ1v) is 7.97. The molecule has 0 bridgehead atoms. The number of halogens is 2. The molecule has 2 rings (SSSR count). The minimum absolute atomic E-state index is 0.112. The smallest absolute Gasteiger partial charge is 0.244 e. The third-order valence-corrected chi connectivity index (χ3v) is 3.83. The number of carbonyl (C=O) groups excluding carboxylic acids is 1. The number of hydrogen-bond donors (Lipinski definition) is 1. The van der Waals surface area contributed by atoms with Crippen molar-refractivity contribution in [3.63, 3.8) is 0 Å². The molecule has 0 saturated heterocycles. The Morgan fingerprint density at radius 2 is 1.74 bits per heavy atom. The number of aromatic nitrogens is 2. The zero-order valence-corrected chi connectivity index (χ0v) is 14.7. The summed E-state index contributed by atoms with van der Waals surface area (Å²) in [6, 6.07) is 6.96. The molecule has 0 aliphatic carbocycles. The summed E-state index contributed by atoms with van der Waals surface area (Å²) in [5.74, 6) is 0.301. The lowest BCUT2D eigenvalue weighted by atomic mass is 10.3. The number of rotatable bonds is 5. The second-order valence-electron chi connectivity index (χ2n) is 5.11. The molecule has 0 radical (unpaired) electrons. The van der Waals surface area contributed by atoms with Crippen LogP contribution >= 0.6 is 23.2 Å². The maximum Gasteiger partial charge on any atom is 0.244 e. The molecule has 1 amide bonds. The first kappa shape index (κ1) is 17.5. The van der Waals surface area contributed by atoms with Crippen molar-refractivity contribution in [3.8, 4) is 0 Å². The average molecular weight is 353 g/mol. The van der Waals surface area contributed by atoms with E-state index in [4.69, 9.17) is 23.2 Å². The third kappa shape index (κ3) is 4.56. The van der Waals surface area contributed by atoms with Crippen LogP contribution in [-0.2, 0) is 4.79 Å². The van der Waals surface area contributed by atoms with Crippen molar-refractivity contribution in [1.29, 1.82) is 0 Å². The lowest BCUT2D eigenvalue weighted by molar-refractivity contribution is -0.115. The lowest BCUT2D eigenvalue weighted by Gasteiger charge is -2.21. The summed E-state index contributed by atoms with van der Waals surface area (Å²) in [6.07, 6.45) is 0. The number of para-hydroxylation sites is 1. The maximum absolute atomic E-state index is 12.3. The van der Waals surface area contributed by atoms with Crippen LogP contribution in [0.25, 0.3) is 0 Å². The second-order valence-corrected chi connectivity index (χ2v) is 5.92. The number of likely N-dealkylation sites (N-methyl/N-ethyl adjacent to an activating group) is 1. The zero-order chi connectivity index (χ0) is 17.0. The Morgan fingerprint density at radius 3 is 2.26 bits per heavy atom. The van der Waals surface area contributed by atoms with E-state index in [0.717, 1.165) is 11.4 Å². The summed E-state index contributed by atoms with van der Waals surface area (Å²) in [5, 5.41) is 3.54. The Morgan fingerprint density at radius 1 is 1.17 bits per heavy atom. The monoisotopic (exact) mass is 352 g/mol. The van der Waals surface area contributed by atoms with Gasteiger partial charge in [-0.25, -0.2) is 9.97 Å². The van der Waals surface area contributed by atoms with Crippen LogP contribution in [0.2, 0.25) is 10.0 Å². The van der Waals surface area contributed by atoms with Crippen LogP contribution in [-0.4, -0.2) is 29.0 Å². The first-order valence-electron chi connectivity index (χ1n) is 7.21. The van der Waals surface area contributed by atoms with Gasteiger partial charge in [0, 0.05) is 17.9 Å². The highest BCUT2D eigenvalue weighted by molar-refractivity contribution is 6.39. The molecule has 0 unspecified atom stereocenters. The number of anilines is 2. The second kappa shape index (κ2) is 7.62. The molecule has 23 heavy (non-hydrogen) atoms. The van der Waals surface area contributed by atoms with Crippen molar-refractivity contribution in [3.05, 3.63) is 45.7 Å². The van der Waals surface area contributed by atoms with Gasteiger partial charge >= 0.3 is 0 Å². The van der Waals surface area contributed by atoms with E-state index in [1.807, 2.05) is 26.8 Å². The standard InChI is InChI=1S/C16H18Cl2N4O/c1-4-22(16-19-10(2)8-11(3)20-16)9-14(23)21-15-12(17)6-5-7-13(15)18/h5-8H,4,9H2,1-3H3,(H,21,23). The van der Waals surface area contributed by atoms with Crippen LogP contribution in [0, 0.1) is 13.8 Å². The van der Waals surface area contributed by atoms with E-state index < -0.39 is 0 Å². The molecule has 1 aromatic heterocycles. The summed E-state index contributed by atoms with van der Waals surface area (Å²) in [4.78, 5) is 22.9. The third-order valence-electron chi connectivity index (χ3n) is 3.20. The quantitative estimate of drug-likeness (QED) is 0.887. The van der Waals surface area contributed by atoms with Crippen LogP contribution < -0.4 is 10.2 Å². The molecule has 5 nitrogen and oxygen atoms in total. The minimum atomic E-state index is -0.232. The number of benzene rings is 1. The van der Waals surface area contributed by atoms with Crippen molar-refractivity contribution in [2.45, 2.75) is 20.8 Å². The fourth-order valence-electron chi connectivity index (χ4n) is 2.14. The molecule has 0 spiro atoms. The SMILES string of the molecule is CCN(CC(=O)Nc1c(Cl)cccc1Cl)c1nc(C)cc(C)n1. The molecule has 1 N–H and O–H groups in total. The van der Waals surface area contributed by atoms with Crippen molar-refractivity contribution < 1.29 is 4.79 Å². The van der Waals surface area contributed by atoms with Crippen molar-refractivity contribution in [2.75, 3.05) is 23.3 Å². The number of amides is 1. The van der Waals surface area contributed by atoms with E-state index in [0.29, 0.717) is 28.2 Å². The molecule has 0 aliphatic heterocycles. The first-order chi connectivity index (χ1) is 10.9. The van der Waals surface area contributed by atoms with Crippen molar-refractivity contribution in [1.82, 2.24) is 9.97 Å². The molecule has 0 atom stereocenters. The van der Waals surface area contributed by atoms with Crippen LogP contribution in [0.5, 0.6) is 0 Å². The summed E-state index contributed by atoms with van der Waals surface area (Å²) >= 11 is 12.1. The molecular weight excluding hydrogens is 335 g/mol. The fraction of sp³-hybridized carbons (Fsp3) is 0.312. The zero-order valence-electron chi connectivity index (χ0n) is 13.2. The van der Waals surface area contributed by atoms with Crippen LogP contribution in [0.1, 0.15) is 18.3 Å². The van der Waals surface area contributed by atoms with Crippen LogP contribution in [0.3, 0.4) is 0 Å². The van der Waals surface area contributed by atoms with E-state index in [1.54, 1.807) is 23.1 Å². The summed E-state index contributed by atoms with van der Waals surface area (Å²) in [7, 11) is 0. The maximum atomic E-state index is 12.3. The minimum Gasteiger partial charge on any atom is -0.332 e. The Bertz CT molecular complexity index is 681. The van der Waals surface area contributed by atoms with Gasteiger partial charge in [-0.05, 0) is 39.0 Å². The molecule has 122 valence electrons. The van der Waals surface area contributed by atoms with E-state index in [2.05, 4.69) is 15.3 Å². The van der Waals surface area contributed by atoms with Gasteiger partial charge in [0.15, 0.2) is 0 Å². The Balaban J connectivity index is 2.14. The number of aryl methyl sites for hydroxylation is 2. The summed E-state index contributed by atoms with van der Waals surface area (Å²) in [6.45, 7) is 6.45. The fourth-order valence-corrected chi connectivity index (χ4v) is 2.63. The predicted molar refractivity (Wildman–Crippen MR) is 94.5 cm³/mol. The molecular formula is C16H18Cl2N4O. The molecule has 0 aliphatic rings. The van der Waals surface area contributed by atoms with Gasteiger partial charge in [0.2, 0.25) is 11.9 Å². The van der Waals surface area contributed by atoms with Gasteiger partial charge in [-0.15, -0.1) is 0 Å². The van der Waals surface area contributed by atoms with Gasteiger partial charge < -0.3 is 10.2 Å². The van der Waals surface area contributed by atoms with E-state index in [1.165, 1.54) is 0 Å². The topological polar surface area (TPSA) is 58.1 Å². The molecule has 1 heterocycles. The van der Waals surface area contributed by atoms with Gasteiger partial charge in [0.25, 0.3) is 0 Å². The van der Waals surface area contributed by atoms with Gasteiger partial charge in [-0.2, -0.15) is 0 Å². The summed E-state index contributed by atoms with van der Waals surface area (Å²) in [5.41, 5.74) is 2.14. The number of hydrogen-bond acceptors (Lipinski definition) is 4. The van der Waals surface area contributed by atoms with E-state index in [9.17, 15) is 4.79 Å². The number of carbonyl (C=O) groups is 1. The van der Waals surface area contributed by atoms with Crippen LogP contribution in [0.4, 0.5) is 11.6 Å². The Labute approximate surface area is 145 Å². The number of nitrogens with one attached hydrogen (secondary N) is 1. The number of nitrogens with zero attached hydrogens (tertiary/aromatic N) is 3. The highest BCUT2D eigenvalue weighted by atomic mass is 35.5. The highest BCUT2D eigenvalue weighted by Gasteiger charge is 2.15. The van der Waals surface area contributed by atoms with Gasteiger partial charge in [0.05, 0.1) is 15.7 Å². The molecule has 0 saturated carbocycles. The largest absolute Gasteiger partial charge is 0.332 e. The molecule has 7 heteroatoms. The van der Waals surface area contributed by atoms with E-state index in [-0.39, 0.29) is 12.5 Å². The highest BCUT2D eigenvalue weighted by Crippen LogP contribution is 2.29. The van der Waals surface area contributed by atoms with Gasteiger partial charge in [0.1, 0.15) is 6.54 Å². The molecule has 1 aromatic carbocycles. The Kier molecular flexibility index (Phi) is 5.80. The van der Waals surface area contributed by atoms with Crippen LogP contribution in [0.15, 0.2) is 24.3 Å². The van der Waals surface area contributed by atoms with E-state index >= 15 is 0 Å². The molecule has 0 fully saturated rings. The van der Waals surface area contributed by atoms with Crippen molar-refractivity contribution >= 4 is 40.7 Å². The average Bonchev–Trinajstić information content (AvgIpc) is 2.47. The Hall–Kier alpha value is -1.85. The van der Waals surface area contributed by atoms with Gasteiger partial charge in [-0.1, -0.05) is 29.3 Å². The summed E-state index contributed by atoms with van der Waals surface area (Å²) < 4.78 is 0. The van der Waals surface area contributed by atoms with Crippen molar-refractivity contribution in [2.24, 2.45) is 0 Å². The molecule has 2 aromatic rings. The normalized spacial score (nSPS) is 10.5. The van der Waals surface area contributed by atoms with Gasteiger partial charge in [-0.3, -0.25) is 4.79 Å².